The van der Waals surface area contributed by atoms with E-state index in [0.717, 1.165) is 5.56 Å². The number of benzene rings is 2. The fourth-order valence-electron chi connectivity index (χ4n) is 2.63. The van der Waals surface area contributed by atoms with Gasteiger partial charge >= 0.3 is 12.0 Å². The Hall–Kier alpha value is -3.45. The molecule has 0 fully saturated rings. The van der Waals surface area contributed by atoms with E-state index in [-0.39, 0.29) is 17.3 Å². The summed E-state index contributed by atoms with van der Waals surface area (Å²) in [6.45, 7) is 1.64. The van der Waals surface area contributed by atoms with Gasteiger partial charge in [-0.1, -0.05) is 60.1 Å². The Morgan fingerprint density at radius 3 is 2.52 bits per heavy atom. The average Bonchev–Trinajstić information content (AvgIpc) is 2.72. The number of pyridine rings is 1. The van der Waals surface area contributed by atoms with Gasteiger partial charge in [0.2, 0.25) is 0 Å². The Morgan fingerprint density at radius 1 is 1.07 bits per heavy atom. The van der Waals surface area contributed by atoms with Gasteiger partial charge in [0.05, 0.1) is 11.1 Å². The number of nitrogens with zero attached hydrogens (tertiary/aromatic N) is 1. The van der Waals surface area contributed by atoms with Crippen LogP contribution in [0.3, 0.4) is 0 Å². The van der Waals surface area contributed by atoms with E-state index in [1.54, 1.807) is 24.3 Å². The van der Waals surface area contributed by atoms with Crippen LogP contribution in [0.15, 0.2) is 60.7 Å². The smallest absolute Gasteiger partial charge is 0.339 e. The number of nitrogens with one attached hydrogen (secondary N) is 2. The number of rotatable bonds is 5. The van der Waals surface area contributed by atoms with Crippen LogP contribution in [0.2, 0.25) is 5.15 Å². The maximum atomic E-state index is 12.5. The second kappa shape index (κ2) is 9.16. The Bertz CT molecular complexity index is 1060. The van der Waals surface area contributed by atoms with E-state index in [4.69, 9.17) is 16.3 Å². The highest BCUT2D eigenvalue weighted by Gasteiger charge is 2.22. The lowest BCUT2D eigenvalue weighted by atomic mass is 10.1. The third-order valence-corrected chi connectivity index (χ3v) is 4.28. The van der Waals surface area contributed by atoms with Gasteiger partial charge in [-0.3, -0.25) is 10.1 Å². The molecule has 0 aliphatic heterocycles. The minimum absolute atomic E-state index is 0.132. The highest BCUT2D eigenvalue weighted by atomic mass is 35.5. The average molecular weight is 412 g/mol. The first-order valence-corrected chi connectivity index (χ1v) is 9.20. The van der Waals surface area contributed by atoms with E-state index in [1.165, 1.54) is 13.0 Å². The zero-order valence-electron chi connectivity index (χ0n) is 15.5. The van der Waals surface area contributed by atoms with Crippen LogP contribution in [0.25, 0.3) is 10.9 Å². The summed E-state index contributed by atoms with van der Waals surface area (Å²) in [4.78, 5) is 40.7. The summed E-state index contributed by atoms with van der Waals surface area (Å²) in [6.07, 6.45) is -1.18. The largest absolute Gasteiger partial charge is 0.449 e. The molecular formula is C21H18ClN3O4. The van der Waals surface area contributed by atoms with Crippen LogP contribution in [0, 0.1) is 0 Å². The van der Waals surface area contributed by atoms with Crippen LogP contribution in [0.4, 0.5) is 4.79 Å². The van der Waals surface area contributed by atoms with Crippen LogP contribution < -0.4 is 10.6 Å². The predicted molar refractivity (Wildman–Crippen MR) is 108 cm³/mol. The van der Waals surface area contributed by atoms with Crippen LogP contribution in [0.5, 0.6) is 0 Å². The number of carbonyl (C=O) groups is 3. The number of imide groups is 1. The van der Waals surface area contributed by atoms with Gasteiger partial charge in [-0.15, -0.1) is 0 Å². The quantitative estimate of drug-likeness (QED) is 0.495. The molecule has 0 unspecified atom stereocenters. The normalized spacial score (nSPS) is 11.5. The van der Waals surface area contributed by atoms with Gasteiger partial charge in [0.1, 0.15) is 5.15 Å². The molecule has 8 heteroatoms. The monoisotopic (exact) mass is 411 g/mol. The van der Waals surface area contributed by atoms with Gasteiger partial charge in [-0.25, -0.2) is 14.6 Å². The zero-order chi connectivity index (χ0) is 20.8. The molecule has 7 nitrogen and oxygen atoms in total. The third-order valence-electron chi connectivity index (χ3n) is 4.09. The van der Waals surface area contributed by atoms with Gasteiger partial charge in [0, 0.05) is 11.9 Å². The predicted octanol–water partition coefficient (Wildman–Crippen LogP) is 3.46. The number of esters is 1. The van der Waals surface area contributed by atoms with Crippen molar-refractivity contribution in [2.45, 2.75) is 19.6 Å². The van der Waals surface area contributed by atoms with Crippen molar-refractivity contribution in [3.63, 3.8) is 0 Å². The zero-order valence-corrected chi connectivity index (χ0v) is 16.3. The van der Waals surface area contributed by atoms with E-state index >= 15 is 0 Å². The summed E-state index contributed by atoms with van der Waals surface area (Å²) in [7, 11) is 0. The molecule has 0 aliphatic carbocycles. The maximum Gasteiger partial charge on any atom is 0.339 e. The van der Waals surface area contributed by atoms with Crippen molar-refractivity contribution in [2.24, 2.45) is 0 Å². The Labute approximate surface area is 172 Å². The van der Waals surface area contributed by atoms with Gasteiger partial charge in [-0.05, 0) is 24.6 Å². The lowest BCUT2D eigenvalue weighted by Gasteiger charge is -2.14. The third kappa shape index (κ3) is 5.30. The van der Waals surface area contributed by atoms with Crippen molar-refractivity contribution in [1.29, 1.82) is 0 Å². The molecule has 2 N–H and O–H groups in total. The number of carbonyl (C=O) groups excluding carboxylic acids is 3. The van der Waals surface area contributed by atoms with E-state index in [1.807, 2.05) is 30.3 Å². The van der Waals surface area contributed by atoms with Crippen LogP contribution in [-0.4, -0.2) is 29.0 Å². The molecule has 0 radical (unpaired) electrons. The fourth-order valence-corrected chi connectivity index (χ4v) is 2.83. The number of amides is 3. The van der Waals surface area contributed by atoms with E-state index in [9.17, 15) is 14.4 Å². The van der Waals surface area contributed by atoms with Crippen molar-refractivity contribution < 1.29 is 19.1 Å². The van der Waals surface area contributed by atoms with Crippen molar-refractivity contribution in [3.05, 3.63) is 76.9 Å². The number of urea groups is 1. The van der Waals surface area contributed by atoms with Gasteiger partial charge in [-0.2, -0.15) is 0 Å². The summed E-state index contributed by atoms with van der Waals surface area (Å²) in [5.41, 5.74) is 1.61. The highest BCUT2D eigenvalue weighted by Crippen LogP contribution is 2.22. The number of hydrogen-bond donors (Lipinski definition) is 2. The number of ether oxygens (including phenoxy) is 1. The summed E-state index contributed by atoms with van der Waals surface area (Å²) in [6, 6.07) is 16.9. The standard InChI is InChI=1S/C21H18ClN3O4/c1-13(19(26)25-21(28)23-12-14-7-3-2-4-8-14)29-20(27)16-11-18(22)24-17-10-6-5-9-15(16)17/h2-11,13H,12H2,1H3,(H2,23,25,26,28)/t13-/m0/s1. The molecule has 0 spiro atoms. The molecule has 0 saturated carbocycles. The second-order valence-corrected chi connectivity index (χ2v) is 6.60. The van der Waals surface area contributed by atoms with Crippen LogP contribution in [-0.2, 0) is 16.1 Å². The first kappa shape index (κ1) is 20.3. The van der Waals surface area contributed by atoms with Crippen LogP contribution >= 0.6 is 11.6 Å². The van der Waals surface area contributed by atoms with Crippen molar-refractivity contribution >= 4 is 40.4 Å². The summed E-state index contributed by atoms with van der Waals surface area (Å²) in [5, 5.41) is 5.40. The minimum Gasteiger partial charge on any atom is -0.449 e. The molecule has 1 atom stereocenters. The Morgan fingerprint density at radius 2 is 1.76 bits per heavy atom. The maximum absolute atomic E-state index is 12.5. The molecule has 3 aromatic rings. The van der Waals surface area contributed by atoms with E-state index in [2.05, 4.69) is 15.6 Å². The first-order chi connectivity index (χ1) is 13.9. The second-order valence-electron chi connectivity index (χ2n) is 6.21. The first-order valence-electron chi connectivity index (χ1n) is 8.83. The molecule has 0 saturated heterocycles. The molecule has 0 aliphatic rings. The van der Waals surface area contributed by atoms with Crippen molar-refractivity contribution in [1.82, 2.24) is 15.6 Å². The summed E-state index contributed by atoms with van der Waals surface area (Å²) in [5.74, 6) is -1.48. The summed E-state index contributed by atoms with van der Waals surface area (Å²) >= 11 is 5.97. The SMILES string of the molecule is C[C@H](OC(=O)c1cc(Cl)nc2ccccc12)C(=O)NC(=O)NCc1ccccc1. The molecule has 3 amide bonds. The molecule has 1 heterocycles. The number of fused-ring (bicyclic) bond motifs is 1. The van der Waals surface area contributed by atoms with E-state index < -0.39 is 24.0 Å². The van der Waals surface area contributed by atoms with E-state index in [0.29, 0.717) is 10.9 Å². The van der Waals surface area contributed by atoms with Crippen molar-refractivity contribution in [2.75, 3.05) is 0 Å². The minimum atomic E-state index is -1.18. The summed E-state index contributed by atoms with van der Waals surface area (Å²) < 4.78 is 5.21. The van der Waals surface area contributed by atoms with Gasteiger partial charge in [0.25, 0.3) is 5.91 Å². The molecular weight excluding hydrogens is 394 g/mol. The topological polar surface area (TPSA) is 97.4 Å². The molecule has 2 aromatic carbocycles. The van der Waals surface area contributed by atoms with Crippen LogP contribution in [0.1, 0.15) is 22.8 Å². The van der Waals surface area contributed by atoms with Gasteiger partial charge in [0.15, 0.2) is 6.10 Å². The molecule has 29 heavy (non-hydrogen) atoms. The van der Waals surface area contributed by atoms with Gasteiger partial charge < -0.3 is 10.1 Å². The fraction of sp³-hybridized carbons (Fsp3) is 0.143. The Kier molecular flexibility index (Phi) is 6.41. The number of hydrogen-bond acceptors (Lipinski definition) is 5. The number of para-hydroxylation sites is 1. The lowest BCUT2D eigenvalue weighted by molar-refractivity contribution is -0.127. The number of aromatic nitrogens is 1. The molecule has 0 bridgehead atoms. The Balaban J connectivity index is 1.59. The molecule has 148 valence electrons. The molecule has 3 rings (SSSR count). The van der Waals surface area contributed by atoms with Crippen molar-refractivity contribution in [3.8, 4) is 0 Å². The number of halogens is 1. The lowest BCUT2D eigenvalue weighted by Crippen LogP contribution is -2.44. The molecule has 1 aromatic heterocycles. The highest BCUT2D eigenvalue weighted by molar-refractivity contribution is 6.30.